The minimum Gasteiger partial charge on any atom is -0.508 e. The van der Waals surface area contributed by atoms with E-state index in [0.29, 0.717) is 22.6 Å². The molecule has 1 amide bonds. The number of nitrogens with zero attached hydrogens (tertiary/aromatic N) is 4. The van der Waals surface area contributed by atoms with Crippen molar-refractivity contribution in [1.29, 1.82) is 5.41 Å². The number of piperidine rings is 1. The molecule has 0 atom stereocenters. The molecule has 0 bridgehead atoms. The standard InChI is InChI=1S/C31H32N6O3/c1-22(32)40-30(33)24-9-5-11-27(19-24)36-18-15-29(34-36)37(31(39)25-10-6-12-28(38)20-25)26-13-16-35(17-14-26)21-23-7-3-2-4-8-23/h2-12,15,18-20,26,32-33,38H,13-14,16-17,21H2,1H3/p+1. The fraction of sp³-hybridized carbons (Fsp3) is 0.226. The van der Waals surface area contributed by atoms with E-state index >= 15 is 0 Å². The van der Waals surface area contributed by atoms with Crippen molar-refractivity contribution in [2.75, 3.05) is 18.0 Å². The van der Waals surface area contributed by atoms with E-state index < -0.39 is 0 Å². The molecule has 1 aliphatic heterocycles. The van der Waals surface area contributed by atoms with Crippen LogP contribution in [-0.4, -0.2) is 56.6 Å². The minimum absolute atomic E-state index is 0.0421. The second-order valence-corrected chi connectivity index (χ2v) is 9.93. The van der Waals surface area contributed by atoms with Gasteiger partial charge in [0.05, 0.1) is 12.6 Å². The SMILES string of the molecule is CC(=[NH2+])OC(=N)c1cccc(-n2ccc(N(C(=O)c3cccc(O)c3)C3CCN(Cc4ccccc4)CC3)n2)c1. The van der Waals surface area contributed by atoms with Crippen molar-refractivity contribution in [2.45, 2.75) is 32.4 Å². The number of likely N-dealkylation sites (tertiary alicyclic amines) is 1. The number of hydrogen-bond donors (Lipinski definition) is 3. The highest BCUT2D eigenvalue weighted by Crippen LogP contribution is 2.27. The number of carbonyl (C=O) groups excluding carboxylic acids is 1. The molecule has 0 radical (unpaired) electrons. The third-order valence-electron chi connectivity index (χ3n) is 6.94. The molecule has 40 heavy (non-hydrogen) atoms. The molecule has 0 aliphatic carbocycles. The number of nitrogens with one attached hydrogen (secondary N) is 1. The molecule has 1 saturated heterocycles. The van der Waals surface area contributed by atoms with Gasteiger partial charge in [0.2, 0.25) is 5.90 Å². The summed E-state index contributed by atoms with van der Waals surface area (Å²) in [6, 6.07) is 25.8. The van der Waals surface area contributed by atoms with E-state index in [1.807, 2.05) is 24.3 Å². The van der Waals surface area contributed by atoms with E-state index in [1.165, 1.54) is 11.6 Å². The van der Waals surface area contributed by atoms with Gasteiger partial charge >= 0.3 is 5.90 Å². The number of aromatic nitrogens is 2. The van der Waals surface area contributed by atoms with Crippen LogP contribution >= 0.6 is 0 Å². The molecular weight excluding hydrogens is 504 g/mol. The van der Waals surface area contributed by atoms with Gasteiger partial charge in [-0.3, -0.25) is 20.0 Å². The van der Waals surface area contributed by atoms with Crippen molar-refractivity contribution in [1.82, 2.24) is 14.7 Å². The molecule has 0 saturated carbocycles. The predicted molar refractivity (Wildman–Crippen MR) is 154 cm³/mol. The summed E-state index contributed by atoms with van der Waals surface area (Å²) in [4.78, 5) is 18.0. The van der Waals surface area contributed by atoms with Gasteiger partial charge in [0.15, 0.2) is 5.82 Å². The van der Waals surface area contributed by atoms with Crippen LogP contribution in [0.15, 0.2) is 91.1 Å². The molecule has 0 unspecified atom stereocenters. The quantitative estimate of drug-likeness (QED) is 0.247. The molecule has 0 spiro atoms. The number of rotatable bonds is 7. The number of aromatic hydroxyl groups is 1. The van der Waals surface area contributed by atoms with Crippen molar-refractivity contribution in [3.63, 3.8) is 0 Å². The molecule has 2 heterocycles. The van der Waals surface area contributed by atoms with E-state index in [9.17, 15) is 9.90 Å². The summed E-state index contributed by atoms with van der Waals surface area (Å²) >= 11 is 0. The Morgan fingerprint density at radius 1 is 1.02 bits per heavy atom. The van der Waals surface area contributed by atoms with Crippen molar-refractivity contribution >= 4 is 23.5 Å². The van der Waals surface area contributed by atoms with Crippen LogP contribution in [0, 0.1) is 5.41 Å². The van der Waals surface area contributed by atoms with Crippen molar-refractivity contribution in [3.8, 4) is 11.4 Å². The topological polar surface area (TPSA) is 120 Å². The maximum atomic E-state index is 13.9. The third kappa shape index (κ3) is 6.27. The van der Waals surface area contributed by atoms with Crippen molar-refractivity contribution < 1.29 is 20.0 Å². The Balaban J connectivity index is 1.40. The van der Waals surface area contributed by atoms with Crippen LogP contribution in [0.1, 0.15) is 41.3 Å². The van der Waals surface area contributed by atoms with Gasteiger partial charge in [0.1, 0.15) is 5.75 Å². The molecule has 204 valence electrons. The first-order valence-corrected chi connectivity index (χ1v) is 13.3. The Kier molecular flexibility index (Phi) is 8.02. The van der Waals surface area contributed by atoms with Crippen LogP contribution in [-0.2, 0) is 11.3 Å². The van der Waals surface area contributed by atoms with Crippen LogP contribution < -0.4 is 10.3 Å². The maximum Gasteiger partial charge on any atom is 0.336 e. The smallest absolute Gasteiger partial charge is 0.336 e. The van der Waals surface area contributed by atoms with Crippen LogP contribution in [0.2, 0.25) is 0 Å². The number of phenolic OH excluding ortho intramolecular Hbond substituents is 1. The summed E-state index contributed by atoms with van der Waals surface area (Å²) in [7, 11) is 0. The number of anilines is 1. The average Bonchev–Trinajstić information content (AvgIpc) is 3.44. The number of benzene rings is 3. The monoisotopic (exact) mass is 537 g/mol. The first-order chi connectivity index (χ1) is 19.4. The zero-order valence-electron chi connectivity index (χ0n) is 22.4. The van der Waals surface area contributed by atoms with Crippen molar-refractivity contribution in [3.05, 3.63) is 108 Å². The number of carbonyl (C=O) groups is 1. The first-order valence-electron chi connectivity index (χ1n) is 13.3. The molecule has 4 N–H and O–H groups in total. The minimum atomic E-state index is -0.208. The Bertz CT molecular complexity index is 1510. The van der Waals surface area contributed by atoms with Gasteiger partial charge < -0.3 is 9.84 Å². The van der Waals surface area contributed by atoms with Gasteiger partial charge in [-0.05, 0) is 54.8 Å². The van der Waals surface area contributed by atoms with E-state index in [1.54, 1.807) is 53.0 Å². The van der Waals surface area contributed by atoms with E-state index in [0.717, 1.165) is 32.5 Å². The second kappa shape index (κ2) is 12.0. The lowest BCUT2D eigenvalue weighted by Gasteiger charge is -2.37. The lowest BCUT2D eigenvalue weighted by Crippen LogP contribution is -2.47. The Hall–Kier alpha value is -4.76. The third-order valence-corrected chi connectivity index (χ3v) is 6.94. The van der Waals surface area contributed by atoms with Gasteiger partial charge in [0, 0.05) is 49.1 Å². The highest BCUT2D eigenvalue weighted by Gasteiger charge is 2.31. The number of hydrogen-bond acceptors (Lipinski definition) is 6. The first kappa shape index (κ1) is 26.8. The average molecular weight is 538 g/mol. The maximum absolute atomic E-state index is 13.9. The zero-order valence-corrected chi connectivity index (χ0v) is 22.4. The largest absolute Gasteiger partial charge is 0.508 e. The highest BCUT2D eigenvalue weighted by molar-refractivity contribution is 6.06. The molecule has 1 fully saturated rings. The van der Waals surface area contributed by atoms with E-state index in [-0.39, 0.29) is 29.5 Å². The zero-order chi connectivity index (χ0) is 28.1. The fourth-order valence-electron chi connectivity index (χ4n) is 5.01. The molecular formula is C31H33N6O3+. The van der Waals surface area contributed by atoms with Gasteiger partial charge in [-0.1, -0.05) is 42.5 Å². The van der Waals surface area contributed by atoms with Gasteiger partial charge in [-0.25, -0.2) is 10.1 Å². The predicted octanol–water partition coefficient (Wildman–Crippen LogP) is 3.41. The second-order valence-electron chi connectivity index (χ2n) is 9.93. The molecule has 3 aromatic carbocycles. The summed E-state index contributed by atoms with van der Waals surface area (Å²) in [6.45, 7) is 4.17. The molecule has 9 nitrogen and oxygen atoms in total. The Morgan fingerprint density at radius 3 is 2.48 bits per heavy atom. The lowest BCUT2D eigenvalue weighted by molar-refractivity contribution is -0.133. The molecule has 1 aliphatic rings. The Morgan fingerprint density at radius 2 is 1.75 bits per heavy atom. The molecule has 1 aromatic heterocycles. The summed E-state index contributed by atoms with van der Waals surface area (Å²) in [5, 5.41) is 28.6. The van der Waals surface area contributed by atoms with Crippen LogP contribution in [0.4, 0.5) is 5.82 Å². The molecule has 5 rings (SSSR count). The van der Waals surface area contributed by atoms with Crippen molar-refractivity contribution in [2.24, 2.45) is 0 Å². The summed E-state index contributed by atoms with van der Waals surface area (Å²) in [6.07, 6.45) is 3.39. The fourth-order valence-corrected chi connectivity index (χ4v) is 5.01. The molecule has 9 heteroatoms. The number of nitrogens with two attached hydrogens (primary N) is 1. The van der Waals surface area contributed by atoms with Gasteiger partial charge in [-0.2, -0.15) is 0 Å². The number of phenols is 1. The van der Waals surface area contributed by atoms with E-state index in [4.69, 9.17) is 20.7 Å². The Labute approximate surface area is 233 Å². The summed E-state index contributed by atoms with van der Waals surface area (Å²) in [5.41, 5.74) is 2.95. The lowest BCUT2D eigenvalue weighted by atomic mass is 10.0. The van der Waals surface area contributed by atoms with Crippen LogP contribution in [0.5, 0.6) is 5.75 Å². The normalized spacial score (nSPS) is 14.0. The van der Waals surface area contributed by atoms with Crippen LogP contribution in [0.3, 0.4) is 0 Å². The van der Waals surface area contributed by atoms with E-state index in [2.05, 4.69) is 29.2 Å². The molecule has 4 aromatic rings. The number of ether oxygens (including phenoxy) is 1. The number of amides is 1. The summed E-state index contributed by atoms with van der Waals surface area (Å²) < 4.78 is 6.94. The van der Waals surface area contributed by atoms with Gasteiger partial charge in [0.25, 0.3) is 5.91 Å². The summed E-state index contributed by atoms with van der Waals surface area (Å²) in [5.74, 6) is 0.489. The highest BCUT2D eigenvalue weighted by atomic mass is 16.5. The van der Waals surface area contributed by atoms with Crippen LogP contribution in [0.25, 0.3) is 5.69 Å². The van der Waals surface area contributed by atoms with Gasteiger partial charge in [-0.15, -0.1) is 5.10 Å².